The van der Waals surface area contributed by atoms with Crippen molar-refractivity contribution in [3.8, 4) is 0 Å². The number of hydrogen-bond donors (Lipinski definition) is 2. The second-order valence-electron chi connectivity index (χ2n) is 5.32. The van der Waals surface area contributed by atoms with Crippen LogP contribution >= 0.6 is 11.3 Å². The van der Waals surface area contributed by atoms with Crippen LogP contribution in [0.25, 0.3) is 10.1 Å². The van der Waals surface area contributed by atoms with E-state index in [1.165, 1.54) is 11.3 Å². The topological polar surface area (TPSA) is 66.6 Å². The average Bonchev–Trinajstić information content (AvgIpc) is 2.81. The van der Waals surface area contributed by atoms with Gasteiger partial charge >= 0.3 is 5.97 Å². The lowest BCUT2D eigenvalue weighted by Gasteiger charge is -2.30. The van der Waals surface area contributed by atoms with Gasteiger partial charge in [0.05, 0.1) is 0 Å². The normalized spacial score (nSPS) is 17.6. The summed E-state index contributed by atoms with van der Waals surface area (Å²) in [5.41, 5.74) is 6.87. The van der Waals surface area contributed by atoms with Crippen molar-refractivity contribution in [2.45, 2.75) is 25.4 Å². The summed E-state index contributed by atoms with van der Waals surface area (Å²) in [7, 11) is 0. The fourth-order valence-electron chi connectivity index (χ4n) is 2.76. The molecule has 1 aromatic carbocycles. The molecule has 0 radical (unpaired) electrons. The van der Waals surface area contributed by atoms with Gasteiger partial charge in [0.1, 0.15) is 4.88 Å². The van der Waals surface area contributed by atoms with Crippen LogP contribution in [0.15, 0.2) is 24.3 Å². The van der Waals surface area contributed by atoms with Crippen LogP contribution in [0.5, 0.6) is 0 Å². The van der Waals surface area contributed by atoms with E-state index in [1.54, 1.807) is 0 Å². The van der Waals surface area contributed by atoms with Crippen molar-refractivity contribution in [3.63, 3.8) is 0 Å². The van der Waals surface area contributed by atoms with Crippen molar-refractivity contribution in [1.82, 2.24) is 4.90 Å². The minimum absolute atomic E-state index is 0.296. The number of hydrogen-bond acceptors (Lipinski definition) is 4. The van der Waals surface area contributed by atoms with Gasteiger partial charge in [0, 0.05) is 17.3 Å². The number of piperidine rings is 1. The molecule has 0 atom stereocenters. The lowest BCUT2D eigenvalue weighted by atomic mass is 10.0. The minimum atomic E-state index is -0.824. The van der Waals surface area contributed by atoms with E-state index in [4.69, 9.17) is 5.73 Å². The van der Waals surface area contributed by atoms with Crippen molar-refractivity contribution >= 4 is 27.4 Å². The quantitative estimate of drug-likeness (QED) is 0.911. The molecule has 1 fully saturated rings. The van der Waals surface area contributed by atoms with Gasteiger partial charge in [-0.2, -0.15) is 0 Å². The van der Waals surface area contributed by atoms with E-state index in [0.29, 0.717) is 17.5 Å². The monoisotopic (exact) mass is 290 g/mol. The SMILES string of the molecule is NC1CCN(Cc2c(C(=O)O)sc3ccccc23)CC1. The molecular weight excluding hydrogens is 272 g/mol. The molecule has 1 aromatic heterocycles. The molecule has 0 saturated carbocycles. The number of fused-ring (bicyclic) bond motifs is 1. The van der Waals surface area contributed by atoms with Crippen molar-refractivity contribution in [2.75, 3.05) is 13.1 Å². The number of likely N-dealkylation sites (tertiary alicyclic amines) is 1. The summed E-state index contributed by atoms with van der Waals surface area (Å²) < 4.78 is 1.05. The highest BCUT2D eigenvalue weighted by atomic mass is 32.1. The van der Waals surface area contributed by atoms with E-state index < -0.39 is 5.97 Å². The highest BCUT2D eigenvalue weighted by Crippen LogP contribution is 2.32. The third kappa shape index (κ3) is 2.57. The van der Waals surface area contributed by atoms with E-state index in [0.717, 1.165) is 41.6 Å². The maximum Gasteiger partial charge on any atom is 0.346 e. The number of carbonyl (C=O) groups is 1. The van der Waals surface area contributed by atoms with Crippen LogP contribution in [0.2, 0.25) is 0 Å². The third-order valence-electron chi connectivity index (χ3n) is 3.91. The van der Waals surface area contributed by atoms with E-state index in [9.17, 15) is 9.90 Å². The standard InChI is InChI=1S/C15H18N2O2S/c16-10-5-7-17(8-6-10)9-12-11-3-1-2-4-13(11)20-14(12)15(18)19/h1-4,10H,5-9,16H2,(H,18,19). The largest absolute Gasteiger partial charge is 0.477 e. The predicted molar refractivity (Wildman–Crippen MR) is 81.3 cm³/mol. The zero-order valence-electron chi connectivity index (χ0n) is 11.2. The number of aromatic carboxylic acids is 1. The zero-order chi connectivity index (χ0) is 14.1. The van der Waals surface area contributed by atoms with Crippen LogP contribution in [-0.2, 0) is 6.54 Å². The predicted octanol–water partition coefficient (Wildman–Crippen LogP) is 2.52. The van der Waals surface area contributed by atoms with Gasteiger partial charge < -0.3 is 10.8 Å². The molecule has 106 valence electrons. The van der Waals surface area contributed by atoms with E-state index >= 15 is 0 Å². The van der Waals surface area contributed by atoms with E-state index in [-0.39, 0.29) is 0 Å². The molecule has 0 amide bonds. The summed E-state index contributed by atoms with van der Waals surface area (Å²) in [5, 5.41) is 10.5. The number of nitrogens with two attached hydrogens (primary N) is 1. The highest BCUT2D eigenvalue weighted by molar-refractivity contribution is 7.21. The Labute approximate surface area is 121 Å². The molecule has 3 rings (SSSR count). The van der Waals surface area contributed by atoms with Gasteiger partial charge in [-0.05, 0) is 42.9 Å². The first-order valence-electron chi connectivity index (χ1n) is 6.87. The molecule has 2 heterocycles. The Kier molecular flexibility index (Phi) is 3.74. The van der Waals surface area contributed by atoms with Gasteiger partial charge in [-0.1, -0.05) is 18.2 Å². The number of carboxylic acid groups (broad SMARTS) is 1. The molecule has 2 aromatic rings. The molecule has 4 nitrogen and oxygen atoms in total. The molecule has 20 heavy (non-hydrogen) atoms. The Hall–Kier alpha value is -1.43. The zero-order valence-corrected chi connectivity index (χ0v) is 12.0. The molecule has 1 saturated heterocycles. The van der Waals surface area contributed by atoms with Crippen LogP contribution in [0.1, 0.15) is 28.1 Å². The number of nitrogens with zero attached hydrogens (tertiary/aromatic N) is 1. The first-order chi connectivity index (χ1) is 9.65. The third-order valence-corrected chi connectivity index (χ3v) is 5.11. The lowest BCUT2D eigenvalue weighted by molar-refractivity contribution is 0.0699. The van der Waals surface area contributed by atoms with Crippen LogP contribution in [0.3, 0.4) is 0 Å². The summed E-state index contributed by atoms with van der Waals surface area (Å²) in [5.74, 6) is -0.824. The summed E-state index contributed by atoms with van der Waals surface area (Å²) >= 11 is 1.37. The first kappa shape index (κ1) is 13.5. The maximum atomic E-state index is 11.5. The lowest BCUT2D eigenvalue weighted by Crippen LogP contribution is -2.39. The molecule has 5 heteroatoms. The number of rotatable bonds is 3. The number of thiophene rings is 1. The Morgan fingerprint density at radius 2 is 2.05 bits per heavy atom. The first-order valence-corrected chi connectivity index (χ1v) is 7.68. The van der Waals surface area contributed by atoms with Crippen LogP contribution in [0.4, 0.5) is 0 Å². The molecule has 1 aliphatic heterocycles. The minimum Gasteiger partial charge on any atom is -0.477 e. The molecule has 0 spiro atoms. The second-order valence-corrected chi connectivity index (χ2v) is 6.38. The van der Waals surface area contributed by atoms with Gasteiger partial charge in [-0.3, -0.25) is 4.90 Å². The van der Waals surface area contributed by atoms with Crippen molar-refractivity contribution in [2.24, 2.45) is 5.73 Å². The second kappa shape index (κ2) is 5.52. The van der Waals surface area contributed by atoms with Gasteiger partial charge in [-0.15, -0.1) is 11.3 Å². The van der Waals surface area contributed by atoms with Gasteiger partial charge in [-0.25, -0.2) is 4.79 Å². The maximum absolute atomic E-state index is 11.5. The van der Waals surface area contributed by atoms with Gasteiger partial charge in [0.2, 0.25) is 0 Å². The summed E-state index contributed by atoms with van der Waals surface area (Å²) in [6, 6.07) is 8.22. The molecule has 3 N–H and O–H groups in total. The molecular formula is C15H18N2O2S. The summed E-state index contributed by atoms with van der Waals surface area (Å²) in [6.45, 7) is 2.60. The van der Waals surface area contributed by atoms with Gasteiger partial charge in [0.15, 0.2) is 0 Å². The van der Waals surface area contributed by atoms with Crippen molar-refractivity contribution in [3.05, 3.63) is 34.7 Å². The van der Waals surface area contributed by atoms with Crippen molar-refractivity contribution in [1.29, 1.82) is 0 Å². The Morgan fingerprint density at radius 1 is 1.35 bits per heavy atom. The number of carboxylic acids is 1. The van der Waals surface area contributed by atoms with Gasteiger partial charge in [0.25, 0.3) is 0 Å². The number of benzene rings is 1. The smallest absolute Gasteiger partial charge is 0.346 e. The molecule has 0 bridgehead atoms. The molecule has 1 aliphatic rings. The Balaban J connectivity index is 1.93. The molecule has 0 unspecified atom stereocenters. The fourth-order valence-corrected chi connectivity index (χ4v) is 3.82. The Morgan fingerprint density at radius 3 is 2.75 bits per heavy atom. The van der Waals surface area contributed by atoms with E-state index in [2.05, 4.69) is 4.90 Å². The fraction of sp³-hybridized carbons (Fsp3) is 0.400. The van der Waals surface area contributed by atoms with Crippen molar-refractivity contribution < 1.29 is 9.90 Å². The highest BCUT2D eigenvalue weighted by Gasteiger charge is 2.22. The molecule has 0 aliphatic carbocycles. The average molecular weight is 290 g/mol. The van der Waals surface area contributed by atoms with Crippen LogP contribution < -0.4 is 5.73 Å². The Bertz CT molecular complexity index is 630. The summed E-state index contributed by atoms with van der Waals surface area (Å²) in [6.07, 6.45) is 1.98. The van der Waals surface area contributed by atoms with E-state index in [1.807, 2.05) is 24.3 Å². The van der Waals surface area contributed by atoms with Crippen LogP contribution in [0, 0.1) is 0 Å². The van der Waals surface area contributed by atoms with Crippen LogP contribution in [-0.4, -0.2) is 35.1 Å². The summed E-state index contributed by atoms with van der Waals surface area (Å²) in [4.78, 5) is 14.2.